The SMILES string of the molecule is O=C(c1cc2ccccc2[nH]1)N1CC(c2nc(-c3cccc(C(F)(F)F)c3)no2)C1. The number of carbonyl (C=O) groups is 1. The molecule has 1 aliphatic heterocycles. The maximum Gasteiger partial charge on any atom is 0.416 e. The maximum absolute atomic E-state index is 12.9. The summed E-state index contributed by atoms with van der Waals surface area (Å²) < 4.78 is 44.0. The number of alkyl halides is 3. The second-order valence-electron chi connectivity index (χ2n) is 7.21. The molecule has 1 N–H and O–H groups in total. The Labute approximate surface area is 168 Å². The van der Waals surface area contributed by atoms with Crippen molar-refractivity contribution in [2.75, 3.05) is 13.1 Å². The Hall–Kier alpha value is -3.62. The van der Waals surface area contributed by atoms with E-state index in [-0.39, 0.29) is 23.2 Å². The highest BCUT2D eigenvalue weighted by Crippen LogP contribution is 2.33. The van der Waals surface area contributed by atoms with Crippen molar-refractivity contribution in [3.05, 3.63) is 71.7 Å². The molecule has 0 bridgehead atoms. The van der Waals surface area contributed by atoms with Crippen LogP contribution in [0.1, 0.15) is 27.9 Å². The lowest BCUT2D eigenvalue weighted by molar-refractivity contribution is -0.137. The van der Waals surface area contributed by atoms with Crippen LogP contribution < -0.4 is 0 Å². The molecule has 0 aliphatic carbocycles. The molecule has 6 nitrogen and oxygen atoms in total. The molecule has 1 aliphatic rings. The summed E-state index contributed by atoms with van der Waals surface area (Å²) in [7, 11) is 0. The van der Waals surface area contributed by atoms with Crippen LogP contribution in [0.5, 0.6) is 0 Å². The Morgan fingerprint density at radius 3 is 2.67 bits per heavy atom. The molecule has 9 heteroatoms. The third-order valence-electron chi connectivity index (χ3n) is 5.17. The van der Waals surface area contributed by atoms with E-state index in [2.05, 4.69) is 15.1 Å². The molecular formula is C21H15F3N4O2. The van der Waals surface area contributed by atoms with Crippen molar-refractivity contribution in [2.45, 2.75) is 12.1 Å². The van der Waals surface area contributed by atoms with E-state index in [0.29, 0.717) is 24.7 Å². The molecule has 0 radical (unpaired) electrons. The van der Waals surface area contributed by atoms with Crippen LogP contribution >= 0.6 is 0 Å². The van der Waals surface area contributed by atoms with E-state index in [0.717, 1.165) is 23.0 Å². The third kappa shape index (κ3) is 3.22. The molecule has 1 amide bonds. The van der Waals surface area contributed by atoms with E-state index >= 15 is 0 Å². The van der Waals surface area contributed by atoms with Crippen molar-refractivity contribution >= 4 is 16.8 Å². The van der Waals surface area contributed by atoms with Crippen molar-refractivity contribution in [2.24, 2.45) is 0 Å². The molecule has 30 heavy (non-hydrogen) atoms. The van der Waals surface area contributed by atoms with Crippen molar-refractivity contribution < 1.29 is 22.5 Å². The molecule has 3 heterocycles. The quantitative estimate of drug-likeness (QED) is 0.539. The van der Waals surface area contributed by atoms with Gasteiger partial charge in [-0.05, 0) is 24.3 Å². The van der Waals surface area contributed by atoms with Crippen LogP contribution in [-0.2, 0) is 6.18 Å². The molecule has 4 aromatic rings. The topological polar surface area (TPSA) is 75.0 Å². The summed E-state index contributed by atoms with van der Waals surface area (Å²) in [6.07, 6.45) is -4.44. The molecule has 0 atom stereocenters. The van der Waals surface area contributed by atoms with Gasteiger partial charge in [-0.15, -0.1) is 0 Å². The molecular weight excluding hydrogens is 397 g/mol. The predicted molar refractivity (Wildman–Crippen MR) is 102 cm³/mol. The summed E-state index contributed by atoms with van der Waals surface area (Å²) in [4.78, 5) is 21.7. The summed E-state index contributed by atoms with van der Waals surface area (Å²) in [5.41, 5.74) is 0.848. The van der Waals surface area contributed by atoms with Gasteiger partial charge < -0.3 is 14.4 Å². The highest BCUT2D eigenvalue weighted by atomic mass is 19.4. The van der Waals surface area contributed by atoms with Gasteiger partial charge in [-0.1, -0.05) is 35.5 Å². The summed E-state index contributed by atoms with van der Waals surface area (Å²) >= 11 is 0. The highest BCUT2D eigenvalue weighted by Gasteiger charge is 2.37. The highest BCUT2D eigenvalue weighted by molar-refractivity contribution is 5.98. The monoisotopic (exact) mass is 412 g/mol. The Morgan fingerprint density at radius 2 is 1.90 bits per heavy atom. The van der Waals surface area contributed by atoms with Crippen LogP contribution in [0.4, 0.5) is 13.2 Å². The van der Waals surface area contributed by atoms with Gasteiger partial charge in [-0.2, -0.15) is 18.2 Å². The molecule has 2 aromatic heterocycles. The first-order valence-corrected chi connectivity index (χ1v) is 9.27. The lowest BCUT2D eigenvalue weighted by Crippen LogP contribution is -2.48. The lowest BCUT2D eigenvalue weighted by Gasteiger charge is -2.36. The number of para-hydroxylation sites is 1. The van der Waals surface area contributed by atoms with Crippen LogP contribution in [0, 0.1) is 0 Å². The number of aromatic nitrogens is 3. The summed E-state index contributed by atoms with van der Waals surface area (Å²) in [6.45, 7) is 0.802. The Bertz CT molecular complexity index is 1210. The summed E-state index contributed by atoms with van der Waals surface area (Å²) in [5, 5.41) is 4.77. The third-order valence-corrected chi connectivity index (χ3v) is 5.17. The average molecular weight is 412 g/mol. The van der Waals surface area contributed by atoms with Gasteiger partial charge in [0.15, 0.2) is 0 Å². The standard InChI is InChI=1S/C21H15F3N4O2/c22-21(23,24)15-6-3-5-13(8-15)18-26-19(30-27-18)14-10-28(11-14)20(29)17-9-12-4-1-2-7-16(12)25-17/h1-9,14,25H,10-11H2. The normalized spacial score (nSPS) is 14.8. The number of nitrogens with zero attached hydrogens (tertiary/aromatic N) is 3. The second kappa shape index (κ2) is 6.72. The number of nitrogens with one attached hydrogen (secondary N) is 1. The zero-order valence-electron chi connectivity index (χ0n) is 15.5. The fourth-order valence-electron chi connectivity index (χ4n) is 3.51. The van der Waals surface area contributed by atoms with E-state index in [4.69, 9.17) is 4.52 Å². The summed E-state index contributed by atoms with van der Waals surface area (Å²) in [6, 6.07) is 14.2. The number of aromatic amines is 1. The van der Waals surface area contributed by atoms with Crippen LogP contribution in [0.2, 0.25) is 0 Å². The molecule has 0 unspecified atom stereocenters. The fourth-order valence-corrected chi connectivity index (χ4v) is 3.51. The van der Waals surface area contributed by atoms with Crippen molar-refractivity contribution in [1.82, 2.24) is 20.0 Å². The number of hydrogen-bond donors (Lipinski definition) is 1. The van der Waals surface area contributed by atoms with E-state index in [1.165, 1.54) is 12.1 Å². The number of likely N-dealkylation sites (tertiary alicyclic amines) is 1. The number of amides is 1. The minimum absolute atomic E-state index is 0.0940. The van der Waals surface area contributed by atoms with Crippen LogP contribution in [0.3, 0.4) is 0 Å². The molecule has 1 fully saturated rings. The number of H-pyrrole nitrogens is 1. The number of halogens is 3. The number of benzene rings is 2. The van der Waals surface area contributed by atoms with Crippen LogP contribution in [0.15, 0.2) is 59.1 Å². The van der Waals surface area contributed by atoms with E-state index in [1.807, 2.05) is 30.3 Å². The lowest BCUT2D eigenvalue weighted by atomic mass is 9.99. The number of rotatable bonds is 3. The molecule has 1 saturated heterocycles. The van der Waals surface area contributed by atoms with Gasteiger partial charge in [0.2, 0.25) is 11.7 Å². The van der Waals surface area contributed by atoms with Gasteiger partial charge >= 0.3 is 6.18 Å². The minimum atomic E-state index is -4.44. The van der Waals surface area contributed by atoms with E-state index in [9.17, 15) is 18.0 Å². The average Bonchev–Trinajstić information content (AvgIpc) is 3.33. The van der Waals surface area contributed by atoms with Crippen molar-refractivity contribution in [3.63, 3.8) is 0 Å². The second-order valence-corrected chi connectivity index (χ2v) is 7.21. The van der Waals surface area contributed by atoms with Gasteiger partial charge in [-0.3, -0.25) is 4.79 Å². The zero-order valence-corrected chi connectivity index (χ0v) is 15.5. The molecule has 2 aromatic carbocycles. The fraction of sp³-hybridized carbons (Fsp3) is 0.190. The largest absolute Gasteiger partial charge is 0.416 e. The predicted octanol–water partition coefficient (Wildman–Crippen LogP) is 4.48. The molecule has 152 valence electrons. The van der Waals surface area contributed by atoms with Gasteiger partial charge in [-0.25, -0.2) is 0 Å². The van der Waals surface area contributed by atoms with E-state index < -0.39 is 11.7 Å². The minimum Gasteiger partial charge on any atom is -0.351 e. The van der Waals surface area contributed by atoms with Gasteiger partial charge in [0, 0.05) is 29.6 Å². The number of carbonyl (C=O) groups excluding carboxylic acids is 1. The Balaban J connectivity index is 1.28. The molecule has 0 saturated carbocycles. The van der Waals surface area contributed by atoms with Gasteiger partial charge in [0.05, 0.1) is 11.5 Å². The maximum atomic E-state index is 12.9. The Kier molecular flexibility index (Phi) is 4.12. The first-order valence-electron chi connectivity index (χ1n) is 9.27. The van der Waals surface area contributed by atoms with Crippen LogP contribution in [0.25, 0.3) is 22.3 Å². The van der Waals surface area contributed by atoms with Crippen molar-refractivity contribution in [3.8, 4) is 11.4 Å². The summed E-state index contributed by atoms with van der Waals surface area (Å²) in [5.74, 6) is 0.130. The smallest absolute Gasteiger partial charge is 0.351 e. The molecule has 5 rings (SSSR count). The Morgan fingerprint density at radius 1 is 1.10 bits per heavy atom. The number of hydrogen-bond acceptors (Lipinski definition) is 4. The number of fused-ring (bicyclic) bond motifs is 1. The van der Waals surface area contributed by atoms with E-state index in [1.54, 1.807) is 4.90 Å². The van der Waals surface area contributed by atoms with Crippen molar-refractivity contribution in [1.29, 1.82) is 0 Å². The first kappa shape index (κ1) is 18.4. The van der Waals surface area contributed by atoms with Crippen LogP contribution in [-0.4, -0.2) is 39.0 Å². The van der Waals surface area contributed by atoms with Gasteiger partial charge in [0.1, 0.15) is 5.69 Å². The first-order chi connectivity index (χ1) is 14.4. The zero-order chi connectivity index (χ0) is 20.9. The van der Waals surface area contributed by atoms with Gasteiger partial charge in [0.25, 0.3) is 5.91 Å². The molecule has 0 spiro atoms.